The van der Waals surface area contributed by atoms with Gasteiger partial charge in [-0.25, -0.2) is 9.97 Å². The standard InChI is InChI=1S/C9H9N3O/c1-13-8-2-3-11-9(6-8)12-5-4-10-7-12/h2-7H,1H3. The van der Waals surface area contributed by atoms with Crippen molar-refractivity contribution in [3.8, 4) is 11.6 Å². The van der Waals surface area contributed by atoms with Crippen molar-refractivity contribution in [2.75, 3.05) is 7.11 Å². The van der Waals surface area contributed by atoms with Crippen molar-refractivity contribution in [1.82, 2.24) is 14.5 Å². The van der Waals surface area contributed by atoms with Crippen LogP contribution in [0.25, 0.3) is 5.82 Å². The van der Waals surface area contributed by atoms with Crippen molar-refractivity contribution in [2.45, 2.75) is 0 Å². The molecule has 0 atom stereocenters. The first-order chi connectivity index (χ1) is 6.40. The minimum Gasteiger partial charge on any atom is -0.497 e. The summed E-state index contributed by atoms with van der Waals surface area (Å²) in [5.41, 5.74) is 0. The van der Waals surface area contributed by atoms with Crippen LogP contribution in [0.15, 0.2) is 37.1 Å². The zero-order valence-electron chi connectivity index (χ0n) is 7.21. The lowest BCUT2D eigenvalue weighted by atomic mass is 10.4. The van der Waals surface area contributed by atoms with E-state index in [4.69, 9.17) is 4.74 Å². The van der Waals surface area contributed by atoms with Crippen LogP contribution in [0.1, 0.15) is 0 Å². The van der Waals surface area contributed by atoms with Crippen molar-refractivity contribution >= 4 is 0 Å². The molecule has 2 aromatic rings. The SMILES string of the molecule is COc1ccnc(-n2ccnc2)c1. The van der Waals surface area contributed by atoms with Gasteiger partial charge in [-0.1, -0.05) is 0 Å². The highest BCUT2D eigenvalue weighted by Crippen LogP contribution is 2.12. The lowest BCUT2D eigenvalue weighted by Gasteiger charge is -2.02. The predicted molar refractivity (Wildman–Crippen MR) is 47.9 cm³/mol. The summed E-state index contributed by atoms with van der Waals surface area (Å²) >= 11 is 0. The maximum atomic E-state index is 5.08. The number of hydrogen-bond acceptors (Lipinski definition) is 3. The van der Waals surface area contributed by atoms with Crippen molar-refractivity contribution in [2.24, 2.45) is 0 Å². The smallest absolute Gasteiger partial charge is 0.141 e. The highest BCUT2D eigenvalue weighted by atomic mass is 16.5. The molecule has 0 amide bonds. The Kier molecular flexibility index (Phi) is 1.96. The molecule has 0 saturated carbocycles. The lowest BCUT2D eigenvalue weighted by Crippen LogP contribution is -1.94. The second-order valence-corrected chi connectivity index (χ2v) is 2.52. The summed E-state index contributed by atoms with van der Waals surface area (Å²) in [5, 5.41) is 0. The van der Waals surface area contributed by atoms with Crippen LogP contribution in [0, 0.1) is 0 Å². The molecule has 2 rings (SSSR count). The summed E-state index contributed by atoms with van der Waals surface area (Å²) < 4.78 is 6.90. The second kappa shape index (κ2) is 3.26. The molecule has 0 fully saturated rings. The summed E-state index contributed by atoms with van der Waals surface area (Å²) in [6, 6.07) is 3.65. The van der Waals surface area contributed by atoms with Gasteiger partial charge in [-0.2, -0.15) is 0 Å². The van der Waals surface area contributed by atoms with Gasteiger partial charge in [0.1, 0.15) is 17.9 Å². The van der Waals surface area contributed by atoms with Gasteiger partial charge in [0, 0.05) is 24.7 Å². The number of methoxy groups -OCH3 is 1. The molecule has 0 bridgehead atoms. The molecule has 0 aromatic carbocycles. The van der Waals surface area contributed by atoms with Crippen LogP contribution in [0.4, 0.5) is 0 Å². The monoisotopic (exact) mass is 175 g/mol. The van der Waals surface area contributed by atoms with E-state index in [-0.39, 0.29) is 0 Å². The molecule has 2 heterocycles. The number of ether oxygens (including phenoxy) is 1. The number of rotatable bonds is 2. The Morgan fingerprint density at radius 3 is 3.00 bits per heavy atom. The van der Waals surface area contributed by atoms with Crippen molar-refractivity contribution in [1.29, 1.82) is 0 Å². The van der Waals surface area contributed by atoms with Gasteiger partial charge in [0.2, 0.25) is 0 Å². The molecule has 0 unspecified atom stereocenters. The van der Waals surface area contributed by atoms with Crippen molar-refractivity contribution < 1.29 is 4.74 Å². The van der Waals surface area contributed by atoms with Crippen molar-refractivity contribution in [3.05, 3.63) is 37.1 Å². The van der Waals surface area contributed by atoms with Gasteiger partial charge >= 0.3 is 0 Å². The highest BCUT2D eigenvalue weighted by Gasteiger charge is 1.97. The quantitative estimate of drug-likeness (QED) is 0.690. The summed E-state index contributed by atoms with van der Waals surface area (Å²) in [4.78, 5) is 8.11. The van der Waals surface area contributed by atoms with E-state index >= 15 is 0 Å². The van der Waals surface area contributed by atoms with E-state index in [0.717, 1.165) is 11.6 Å². The molecular formula is C9H9N3O. The number of nitrogens with zero attached hydrogens (tertiary/aromatic N) is 3. The Morgan fingerprint density at radius 2 is 2.31 bits per heavy atom. The number of pyridine rings is 1. The average Bonchev–Trinajstić information content (AvgIpc) is 2.71. The van der Waals surface area contributed by atoms with Crippen LogP contribution in [0.3, 0.4) is 0 Å². The minimum absolute atomic E-state index is 0.790. The Hall–Kier alpha value is -1.84. The molecule has 4 heteroatoms. The van der Waals surface area contributed by atoms with E-state index in [1.54, 1.807) is 31.9 Å². The molecule has 0 aliphatic rings. The zero-order chi connectivity index (χ0) is 9.10. The van der Waals surface area contributed by atoms with E-state index in [9.17, 15) is 0 Å². The third kappa shape index (κ3) is 1.51. The predicted octanol–water partition coefficient (Wildman–Crippen LogP) is 1.28. The molecule has 4 nitrogen and oxygen atoms in total. The molecule has 0 spiro atoms. The molecule has 0 radical (unpaired) electrons. The van der Waals surface area contributed by atoms with Gasteiger partial charge in [-0.05, 0) is 6.07 Å². The molecular weight excluding hydrogens is 166 g/mol. The Balaban J connectivity index is 2.41. The average molecular weight is 175 g/mol. The van der Waals surface area contributed by atoms with Crippen LogP contribution in [-0.4, -0.2) is 21.6 Å². The van der Waals surface area contributed by atoms with Gasteiger partial charge in [-0.15, -0.1) is 0 Å². The van der Waals surface area contributed by atoms with Gasteiger partial charge in [-0.3, -0.25) is 4.57 Å². The molecule has 0 N–H and O–H groups in total. The van der Waals surface area contributed by atoms with Crippen LogP contribution in [0.5, 0.6) is 5.75 Å². The fraction of sp³-hybridized carbons (Fsp3) is 0.111. The van der Waals surface area contributed by atoms with Gasteiger partial charge < -0.3 is 4.74 Å². The first kappa shape index (κ1) is 7.79. The Labute approximate surface area is 75.8 Å². The molecule has 0 aliphatic heterocycles. The molecule has 0 aliphatic carbocycles. The van der Waals surface area contributed by atoms with E-state index in [1.165, 1.54) is 0 Å². The van der Waals surface area contributed by atoms with Crippen LogP contribution < -0.4 is 4.74 Å². The summed E-state index contributed by atoms with van der Waals surface area (Å²) in [6.45, 7) is 0. The van der Waals surface area contributed by atoms with Crippen molar-refractivity contribution in [3.63, 3.8) is 0 Å². The zero-order valence-corrected chi connectivity index (χ0v) is 7.21. The largest absolute Gasteiger partial charge is 0.497 e. The van der Waals surface area contributed by atoms with E-state index < -0.39 is 0 Å². The first-order valence-corrected chi connectivity index (χ1v) is 3.88. The molecule has 66 valence electrons. The van der Waals surface area contributed by atoms with Gasteiger partial charge in [0.15, 0.2) is 0 Å². The molecule has 13 heavy (non-hydrogen) atoms. The number of imidazole rings is 1. The maximum Gasteiger partial charge on any atom is 0.141 e. The van der Waals surface area contributed by atoms with Crippen LogP contribution >= 0.6 is 0 Å². The summed E-state index contributed by atoms with van der Waals surface area (Å²) in [7, 11) is 1.63. The fourth-order valence-electron chi connectivity index (χ4n) is 1.06. The van der Waals surface area contributed by atoms with Gasteiger partial charge in [0.25, 0.3) is 0 Å². The fourth-order valence-corrected chi connectivity index (χ4v) is 1.06. The van der Waals surface area contributed by atoms with E-state index in [1.807, 2.05) is 16.8 Å². The normalized spacial score (nSPS) is 9.92. The van der Waals surface area contributed by atoms with Gasteiger partial charge in [0.05, 0.1) is 7.11 Å². The topological polar surface area (TPSA) is 39.9 Å². The minimum atomic E-state index is 0.790. The summed E-state index contributed by atoms with van der Waals surface area (Å²) in [5.74, 6) is 1.59. The molecule has 2 aromatic heterocycles. The van der Waals surface area contributed by atoms with Crippen LogP contribution in [0.2, 0.25) is 0 Å². The van der Waals surface area contributed by atoms with Crippen LogP contribution in [-0.2, 0) is 0 Å². The lowest BCUT2D eigenvalue weighted by molar-refractivity contribution is 0.414. The number of aromatic nitrogens is 3. The number of hydrogen-bond donors (Lipinski definition) is 0. The Morgan fingerprint density at radius 1 is 1.38 bits per heavy atom. The Bertz CT molecular complexity index is 384. The van der Waals surface area contributed by atoms with E-state index in [0.29, 0.717) is 0 Å². The highest BCUT2D eigenvalue weighted by molar-refractivity contribution is 5.31. The second-order valence-electron chi connectivity index (χ2n) is 2.52. The third-order valence-corrected chi connectivity index (χ3v) is 1.72. The van der Waals surface area contributed by atoms with E-state index in [2.05, 4.69) is 9.97 Å². The third-order valence-electron chi connectivity index (χ3n) is 1.72. The summed E-state index contributed by atoms with van der Waals surface area (Å²) in [6.07, 6.45) is 6.94. The maximum absolute atomic E-state index is 5.08. The first-order valence-electron chi connectivity index (χ1n) is 3.88. The molecule has 0 saturated heterocycles.